The van der Waals surface area contributed by atoms with E-state index in [2.05, 4.69) is 54.4 Å². The van der Waals surface area contributed by atoms with Crippen molar-refractivity contribution in [3.05, 3.63) is 21.9 Å². The Morgan fingerprint density at radius 2 is 2.04 bits per heavy atom. The van der Waals surface area contributed by atoms with E-state index in [9.17, 15) is 0 Å². The molecule has 4 nitrogen and oxygen atoms in total. The molecule has 0 saturated carbocycles. The summed E-state index contributed by atoms with van der Waals surface area (Å²) in [7, 11) is 1.86. The molecule has 0 atom stereocenters. The molecule has 2 heterocycles. The van der Waals surface area contributed by atoms with Gasteiger partial charge in [-0.05, 0) is 57.5 Å². The van der Waals surface area contributed by atoms with Gasteiger partial charge in [-0.2, -0.15) is 0 Å². The molecule has 0 spiro atoms. The number of hydrogen-bond acceptors (Lipinski definition) is 3. The number of aliphatic imine (C=N–C) groups is 1. The van der Waals surface area contributed by atoms with Crippen LogP contribution in [0, 0.1) is 6.92 Å². The lowest BCUT2D eigenvalue weighted by molar-refractivity contribution is -0.0772. The van der Waals surface area contributed by atoms with Crippen LogP contribution in [0.15, 0.2) is 16.4 Å². The topological polar surface area (TPSA) is 36.9 Å². The number of aryl methyl sites for hydroxylation is 1. The molecule has 0 unspecified atom stereocenters. The van der Waals surface area contributed by atoms with Crippen LogP contribution in [0.1, 0.15) is 44.1 Å². The molecule has 1 saturated heterocycles. The first-order chi connectivity index (χ1) is 10.4. The average Bonchev–Trinajstić information content (AvgIpc) is 2.85. The van der Waals surface area contributed by atoms with Gasteiger partial charge in [0.2, 0.25) is 0 Å². The molecule has 0 radical (unpaired) electrons. The summed E-state index contributed by atoms with van der Waals surface area (Å²) in [5.41, 5.74) is 1.30. The van der Waals surface area contributed by atoms with E-state index in [0.29, 0.717) is 6.10 Å². The minimum Gasteiger partial charge on any atom is -0.372 e. The number of guanidine groups is 1. The van der Waals surface area contributed by atoms with Crippen LogP contribution in [-0.2, 0) is 11.3 Å². The van der Waals surface area contributed by atoms with Gasteiger partial charge in [-0.15, -0.1) is 35.3 Å². The van der Waals surface area contributed by atoms with Gasteiger partial charge in [-0.1, -0.05) is 0 Å². The second kappa shape index (κ2) is 9.22. The number of likely N-dealkylation sites (tertiary alicyclic amines) is 1. The lowest BCUT2D eigenvalue weighted by Gasteiger charge is -2.36. The first-order valence-corrected chi connectivity index (χ1v) is 8.93. The third-order valence-corrected chi connectivity index (χ3v) is 4.87. The molecular weight excluding hydrogens is 421 g/mol. The molecule has 6 heteroatoms. The van der Waals surface area contributed by atoms with Crippen LogP contribution in [0.25, 0.3) is 0 Å². The van der Waals surface area contributed by atoms with Gasteiger partial charge in [0.1, 0.15) is 0 Å². The zero-order valence-electron chi connectivity index (χ0n) is 14.9. The van der Waals surface area contributed by atoms with E-state index in [4.69, 9.17) is 4.74 Å². The predicted octanol–water partition coefficient (Wildman–Crippen LogP) is 4.03. The van der Waals surface area contributed by atoms with Gasteiger partial charge in [-0.3, -0.25) is 4.99 Å². The zero-order chi connectivity index (χ0) is 16.2. The zero-order valence-corrected chi connectivity index (χ0v) is 18.0. The van der Waals surface area contributed by atoms with Crippen molar-refractivity contribution in [1.29, 1.82) is 0 Å². The van der Waals surface area contributed by atoms with Gasteiger partial charge in [-0.25, -0.2) is 0 Å². The largest absolute Gasteiger partial charge is 0.372 e. The summed E-state index contributed by atoms with van der Waals surface area (Å²) in [5, 5.41) is 5.63. The summed E-state index contributed by atoms with van der Waals surface area (Å²) >= 11 is 1.80. The van der Waals surface area contributed by atoms with Crippen LogP contribution in [0.2, 0.25) is 0 Å². The predicted molar refractivity (Wildman–Crippen MR) is 110 cm³/mol. The molecule has 1 aliphatic heterocycles. The fourth-order valence-corrected chi connectivity index (χ4v) is 3.61. The van der Waals surface area contributed by atoms with Crippen molar-refractivity contribution in [2.75, 3.05) is 20.1 Å². The average molecular weight is 451 g/mol. The number of thiophene rings is 1. The maximum atomic E-state index is 6.09. The number of nitrogens with zero attached hydrogens (tertiary/aromatic N) is 2. The number of piperidine rings is 1. The van der Waals surface area contributed by atoms with E-state index >= 15 is 0 Å². The number of halogens is 1. The van der Waals surface area contributed by atoms with Crippen molar-refractivity contribution in [2.45, 2.75) is 58.8 Å². The van der Waals surface area contributed by atoms with E-state index in [1.165, 1.54) is 10.4 Å². The first kappa shape index (κ1) is 20.7. The Morgan fingerprint density at radius 3 is 2.52 bits per heavy atom. The smallest absolute Gasteiger partial charge is 0.193 e. The van der Waals surface area contributed by atoms with Crippen LogP contribution in [0.3, 0.4) is 0 Å². The molecule has 1 aromatic heterocycles. The Hall–Kier alpha value is -0.340. The van der Waals surface area contributed by atoms with Crippen molar-refractivity contribution < 1.29 is 4.74 Å². The molecule has 1 fully saturated rings. The molecule has 0 amide bonds. The Morgan fingerprint density at radius 1 is 1.39 bits per heavy atom. The van der Waals surface area contributed by atoms with E-state index in [-0.39, 0.29) is 29.6 Å². The molecule has 0 aliphatic carbocycles. The van der Waals surface area contributed by atoms with Crippen LogP contribution in [0.5, 0.6) is 0 Å². The van der Waals surface area contributed by atoms with E-state index < -0.39 is 0 Å². The molecule has 1 aromatic rings. The minimum absolute atomic E-state index is 0. The molecule has 132 valence electrons. The maximum absolute atomic E-state index is 6.09. The second-order valence-electron chi connectivity index (χ2n) is 6.84. The Balaban J connectivity index is 0.00000264. The van der Waals surface area contributed by atoms with Gasteiger partial charge >= 0.3 is 0 Å². The Kier molecular flexibility index (Phi) is 8.30. The fourth-order valence-electron chi connectivity index (χ4n) is 2.76. The van der Waals surface area contributed by atoms with Gasteiger partial charge in [0.15, 0.2) is 5.96 Å². The van der Waals surface area contributed by atoms with Gasteiger partial charge in [0, 0.05) is 25.0 Å². The molecule has 1 aliphatic rings. The van der Waals surface area contributed by atoms with Crippen molar-refractivity contribution in [1.82, 2.24) is 10.2 Å². The maximum Gasteiger partial charge on any atom is 0.193 e. The highest BCUT2D eigenvalue weighted by Crippen LogP contribution is 2.20. The summed E-state index contributed by atoms with van der Waals surface area (Å²) in [6.45, 7) is 11.4. The van der Waals surface area contributed by atoms with E-state index in [1.54, 1.807) is 11.3 Å². The highest BCUT2D eigenvalue weighted by Gasteiger charge is 2.25. The number of hydrogen-bond donors (Lipinski definition) is 1. The molecule has 2 rings (SSSR count). The van der Waals surface area contributed by atoms with Crippen molar-refractivity contribution in [2.24, 2.45) is 4.99 Å². The SMILES string of the molecule is CN=C(NCc1sccc1C)N1CCC(OC(C)(C)C)CC1.I. The Labute approximate surface area is 161 Å². The fraction of sp³-hybridized carbons (Fsp3) is 0.706. The standard InChI is InChI=1S/C17H29N3OS.HI/c1-13-8-11-22-15(13)12-19-16(18-5)20-9-6-14(7-10-20)21-17(2,3)4;/h8,11,14H,6-7,9-10,12H2,1-5H3,(H,18,19);1H. The normalized spacial score (nSPS) is 17.1. The number of ether oxygens (including phenoxy) is 1. The van der Waals surface area contributed by atoms with Crippen LogP contribution in [-0.4, -0.2) is 42.7 Å². The molecule has 0 aromatic carbocycles. The molecule has 1 N–H and O–H groups in total. The van der Waals surface area contributed by atoms with Crippen LogP contribution >= 0.6 is 35.3 Å². The van der Waals surface area contributed by atoms with Crippen molar-refractivity contribution >= 4 is 41.3 Å². The summed E-state index contributed by atoms with van der Waals surface area (Å²) in [6, 6.07) is 2.17. The van der Waals surface area contributed by atoms with Gasteiger partial charge in [0.25, 0.3) is 0 Å². The summed E-state index contributed by atoms with van der Waals surface area (Å²) in [6.07, 6.45) is 2.50. The monoisotopic (exact) mass is 451 g/mol. The van der Waals surface area contributed by atoms with E-state index in [1.807, 2.05) is 7.05 Å². The first-order valence-electron chi connectivity index (χ1n) is 8.05. The second-order valence-corrected chi connectivity index (χ2v) is 7.84. The van der Waals surface area contributed by atoms with Crippen LogP contribution in [0.4, 0.5) is 0 Å². The number of nitrogens with one attached hydrogen (secondary N) is 1. The summed E-state index contributed by atoms with van der Waals surface area (Å²) in [5.74, 6) is 1.00. The third-order valence-electron chi connectivity index (χ3n) is 3.85. The molecule has 23 heavy (non-hydrogen) atoms. The highest BCUT2D eigenvalue weighted by molar-refractivity contribution is 14.0. The molecule has 0 bridgehead atoms. The van der Waals surface area contributed by atoms with E-state index in [0.717, 1.165) is 38.4 Å². The van der Waals surface area contributed by atoms with Gasteiger partial charge in [0.05, 0.1) is 18.2 Å². The molecular formula is C17H30IN3OS. The lowest BCUT2D eigenvalue weighted by Crippen LogP contribution is -2.47. The third kappa shape index (κ3) is 6.58. The minimum atomic E-state index is -0.0521. The van der Waals surface area contributed by atoms with Crippen LogP contribution < -0.4 is 5.32 Å². The highest BCUT2D eigenvalue weighted by atomic mass is 127. The van der Waals surface area contributed by atoms with Crippen molar-refractivity contribution in [3.63, 3.8) is 0 Å². The summed E-state index contributed by atoms with van der Waals surface area (Å²) < 4.78 is 6.09. The lowest BCUT2D eigenvalue weighted by atomic mass is 10.1. The van der Waals surface area contributed by atoms with Crippen molar-refractivity contribution in [3.8, 4) is 0 Å². The van der Waals surface area contributed by atoms with Gasteiger partial charge < -0.3 is 15.0 Å². The Bertz CT molecular complexity index is 502. The summed E-state index contributed by atoms with van der Waals surface area (Å²) in [4.78, 5) is 8.16. The number of rotatable bonds is 3. The quantitative estimate of drug-likeness (QED) is 0.429.